The predicted octanol–water partition coefficient (Wildman–Crippen LogP) is 3.28. The molecular formula is C15H16O3. The highest BCUT2D eigenvalue weighted by molar-refractivity contribution is 5.45. The average molecular weight is 244 g/mol. The van der Waals surface area contributed by atoms with Gasteiger partial charge in [-0.15, -0.1) is 0 Å². The third-order valence-electron chi connectivity index (χ3n) is 2.60. The van der Waals surface area contributed by atoms with Gasteiger partial charge in [-0.2, -0.15) is 0 Å². The largest absolute Gasteiger partial charge is 0.493 e. The van der Waals surface area contributed by atoms with Crippen LogP contribution in [-0.2, 0) is 6.61 Å². The van der Waals surface area contributed by atoms with Crippen molar-refractivity contribution in [3.8, 4) is 17.2 Å². The van der Waals surface area contributed by atoms with Gasteiger partial charge in [-0.25, -0.2) is 0 Å². The monoisotopic (exact) mass is 244 g/mol. The Bertz CT molecular complexity index is 494. The lowest BCUT2D eigenvalue weighted by Gasteiger charge is -2.10. The van der Waals surface area contributed by atoms with Crippen molar-refractivity contribution < 1.29 is 14.2 Å². The van der Waals surface area contributed by atoms with Crippen molar-refractivity contribution >= 4 is 0 Å². The molecular weight excluding hydrogens is 228 g/mol. The molecule has 0 heterocycles. The second-order valence-corrected chi connectivity index (χ2v) is 3.79. The molecule has 0 amide bonds. The lowest BCUT2D eigenvalue weighted by atomic mass is 10.2. The summed E-state index contributed by atoms with van der Waals surface area (Å²) < 4.78 is 16.1. The molecule has 0 fully saturated rings. The second kappa shape index (κ2) is 5.96. The van der Waals surface area contributed by atoms with E-state index >= 15 is 0 Å². The number of benzene rings is 2. The van der Waals surface area contributed by atoms with Gasteiger partial charge in [0.2, 0.25) is 0 Å². The molecule has 2 aromatic rings. The Hall–Kier alpha value is -2.16. The van der Waals surface area contributed by atoms with Crippen LogP contribution in [0.4, 0.5) is 0 Å². The maximum atomic E-state index is 5.70. The van der Waals surface area contributed by atoms with Crippen LogP contribution in [0.5, 0.6) is 17.2 Å². The van der Waals surface area contributed by atoms with E-state index in [4.69, 9.17) is 14.2 Å². The zero-order valence-electron chi connectivity index (χ0n) is 10.6. The third kappa shape index (κ3) is 2.94. The summed E-state index contributed by atoms with van der Waals surface area (Å²) in [5.41, 5.74) is 1.13. The van der Waals surface area contributed by atoms with E-state index < -0.39 is 0 Å². The minimum Gasteiger partial charge on any atom is -0.493 e. The summed E-state index contributed by atoms with van der Waals surface area (Å²) in [6, 6.07) is 15.5. The van der Waals surface area contributed by atoms with Crippen LogP contribution in [0.2, 0.25) is 0 Å². The molecule has 0 aliphatic carbocycles. The van der Waals surface area contributed by atoms with E-state index in [0.717, 1.165) is 11.3 Å². The molecule has 0 radical (unpaired) electrons. The first-order chi connectivity index (χ1) is 8.83. The molecule has 0 aliphatic rings. The summed E-state index contributed by atoms with van der Waals surface area (Å²) in [6.07, 6.45) is 0. The highest BCUT2D eigenvalue weighted by Gasteiger charge is 2.05. The molecule has 0 saturated heterocycles. The second-order valence-electron chi connectivity index (χ2n) is 3.79. The molecule has 0 aliphatic heterocycles. The molecule has 0 N–H and O–H groups in total. The van der Waals surface area contributed by atoms with Crippen LogP contribution in [-0.4, -0.2) is 14.2 Å². The Morgan fingerprint density at radius 2 is 1.56 bits per heavy atom. The summed E-state index contributed by atoms with van der Waals surface area (Å²) in [5.74, 6) is 2.13. The molecule has 0 aromatic heterocycles. The molecule has 3 nitrogen and oxygen atoms in total. The SMILES string of the molecule is COc1ccc(OCc2ccccc2)cc1OC. The number of hydrogen-bond donors (Lipinski definition) is 0. The minimum atomic E-state index is 0.538. The molecule has 0 atom stereocenters. The third-order valence-corrected chi connectivity index (χ3v) is 2.60. The standard InChI is InChI=1S/C15H16O3/c1-16-14-9-8-13(10-15(14)17-2)18-11-12-6-4-3-5-7-12/h3-10H,11H2,1-2H3. The molecule has 2 aromatic carbocycles. The normalized spacial score (nSPS) is 9.89. The van der Waals surface area contributed by atoms with E-state index in [-0.39, 0.29) is 0 Å². The van der Waals surface area contributed by atoms with E-state index in [0.29, 0.717) is 18.1 Å². The molecule has 94 valence electrons. The van der Waals surface area contributed by atoms with Gasteiger partial charge in [0, 0.05) is 6.07 Å². The summed E-state index contributed by atoms with van der Waals surface area (Å²) in [5, 5.41) is 0. The fourth-order valence-electron chi connectivity index (χ4n) is 1.65. The number of ether oxygens (including phenoxy) is 3. The summed E-state index contributed by atoms with van der Waals surface area (Å²) in [6.45, 7) is 0.538. The van der Waals surface area contributed by atoms with Crippen molar-refractivity contribution in [3.05, 3.63) is 54.1 Å². The zero-order valence-corrected chi connectivity index (χ0v) is 10.6. The van der Waals surface area contributed by atoms with E-state index in [1.165, 1.54) is 0 Å². The summed E-state index contributed by atoms with van der Waals surface area (Å²) in [7, 11) is 3.22. The van der Waals surface area contributed by atoms with Crippen LogP contribution >= 0.6 is 0 Å². The average Bonchev–Trinajstić information content (AvgIpc) is 2.45. The summed E-state index contributed by atoms with van der Waals surface area (Å²) >= 11 is 0. The lowest BCUT2D eigenvalue weighted by Crippen LogP contribution is -1.96. The number of hydrogen-bond acceptors (Lipinski definition) is 3. The van der Waals surface area contributed by atoms with Gasteiger partial charge >= 0.3 is 0 Å². The van der Waals surface area contributed by atoms with Crippen LogP contribution < -0.4 is 14.2 Å². The molecule has 0 bridgehead atoms. The Morgan fingerprint density at radius 1 is 0.833 bits per heavy atom. The van der Waals surface area contributed by atoms with Gasteiger partial charge in [-0.1, -0.05) is 30.3 Å². The van der Waals surface area contributed by atoms with Crippen molar-refractivity contribution in [2.45, 2.75) is 6.61 Å². The zero-order chi connectivity index (χ0) is 12.8. The van der Waals surface area contributed by atoms with Gasteiger partial charge in [0.15, 0.2) is 11.5 Å². The first kappa shape index (κ1) is 12.3. The van der Waals surface area contributed by atoms with Gasteiger partial charge in [0.05, 0.1) is 14.2 Å². The first-order valence-electron chi connectivity index (χ1n) is 5.72. The molecule has 0 spiro atoms. The van der Waals surface area contributed by atoms with Crippen molar-refractivity contribution in [3.63, 3.8) is 0 Å². The Morgan fingerprint density at radius 3 is 2.22 bits per heavy atom. The van der Waals surface area contributed by atoms with Crippen LogP contribution in [0.3, 0.4) is 0 Å². The fraction of sp³-hybridized carbons (Fsp3) is 0.200. The van der Waals surface area contributed by atoms with Gasteiger partial charge in [-0.3, -0.25) is 0 Å². The molecule has 0 unspecified atom stereocenters. The maximum absolute atomic E-state index is 5.70. The van der Waals surface area contributed by atoms with Crippen molar-refractivity contribution in [1.29, 1.82) is 0 Å². The number of rotatable bonds is 5. The van der Waals surface area contributed by atoms with Crippen molar-refractivity contribution in [2.24, 2.45) is 0 Å². The van der Waals surface area contributed by atoms with E-state index in [1.807, 2.05) is 48.5 Å². The van der Waals surface area contributed by atoms with E-state index in [2.05, 4.69) is 0 Å². The predicted molar refractivity (Wildman–Crippen MR) is 70.3 cm³/mol. The van der Waals surface area contributed by atoms with Crippen LogP contribution in [0, 0.1) is 0 Å². The smallest absolute Gasteiger partial charge is 0.164 e. The van der Waals surface area contributed by atoms with E-state index in [1.54, 1.807) is 14.2 Å². The number of methoxy groups -OCH3 is 2. The quantitative estimate of drug-likeness (QED) is 0.807. The Balaban J connectivity index is 2.06. The van der Waals surface area contributed by atoms with Gasteiger partial charge in [-0.05, 0) is 17.7 Å². The Kier molecular flexibility index (Phi) is 4.07. The van der Waals surface area contributed by atoms with Gasteiger partial charge in [0.25, 0.3) is 0 Å². The van der Waals surface area contributed by atoms with Gasteiger partial charge < -0.3 is 14.2 Å². The molecule has 2 rings (SSSR count). The van der Waals surface area contributed by atoms with Gasteiger partial charge in [0.1, 0.15) is 12.4 Å². The van der Waals surface area contributed by atoms with Crippen LogP contribution in [0.25, 0.3) is 0 Å². The topological polar surface area (TPSA) is 27.7 Å². The Labute approximate surface area is 107 Å². The summed E-state index contributed by atoms with van der Waals surface area (Å²) in [4.78, 5) is 0. The van der Waals surface area contributed by atoms with Crippen LogP contribution in [0.1, 0.15) is 5.56 Å². The first-order valence-corrected chi connectivity index (χ1v) is 5.72. The molecule has 18 heavy (non-hydrogen) atoms. The van der Waals surface area contributed by atoms with Crippen molar-refractivity contribution in [2.75, 3.05) is 14.2 Å². The van der Waals surface area contributed by atoms with Crippen molar-refractivity contribution in [1.82, 2.24) is 0 Å². The fourth-order valence-corrected chi connectivity index (χ4v) is 1.65. The lowest BCUT2D eigenvalue weighted by molar-refractivity contribution is 0.300. The van der Waals surface area contributed by atoms with Crippen LogP contribution in [0.15, 0.2) is 48.5 Å². The molecule has 3 heteroatoms. The highest BCUT2D eigenvalue weighted by atomic mass is 16.5. The maximum Gasteiger partial charge on any atom is 0.164 e. The molecule has 0 saturated carbocycles. The highest BCUT2D eigenvalue weighted by Crippen LogP contribution is 2.31. The minimum absolute atomic E-state index is 0.538. The van der Waals surface area contributed by atoms with E-state index in [9.17, 15) is 0 Å².